The molecule has 0 aliphatic heterocycles. The molecule has 1 rings (SSSR count). The molecule has 0 unspecified atom stereocenters. The summed E-state index contributed by atoms with van der Waals surface area (Å²) in [4.78, 5) is 2.18. The van der Waals surface area contributed by atoms with Gasteiger partial charge in [-0.05, 0) is 24.3 Å². The van der Waals surface area contributed by atoms with E-state index in [0.29, 0.717) is 12.2 Å². The van der Waals surface area contributed by atoms with Crippen molar-refractivity contribution in [2.45, 2.75) is 0 Å². The molecule has 0 radical (unpaired) electrons. The summed E-state index contributed by atoms with van der Waals surface area (Å²) in [7, 11) is 0. The minimum absolute atomic E-state index is 0.605. The van der Waals surface area contributed by atoms with Crippen molar-refractivity contribution >= 4 is 0 Å². The van der Waals surface area contributed by atoms with E-state index in [9.17, 15) is 0 Å². The first-order valence-corrected chi connectivity index (χ1v) is 5.87. The third-order valence-corrected chi connectivity index (χ3v) is 2.43. The quantitative estimate of drug-likeness (QED) is 0.657. The maximum Gasteiger partial charge on any atom is 0.119 e. The molecule has 1 aromatic carbocycles. The molecule has 3 nitrogen and oxygen atoms in total. The largest absolute Gasteiger partial charge is 0.492 e. The summed E-state index contributed by atoms with van der Waals surface area (Å²) < 4.78 is 5.61. The zero-order valence-electron chi connectivity index (χ0n) is 10.5. The van der Waals surface area contributed by atoms with Gasteiger partial charge in [0.25, 0.3) is 0 Å². The zero-order valence-corrected chi connectivity index (χ0v) is 10.5. The molecule has 0 N–H and O–H groups in total. The minimum atomic E-state index is 0.605. The zero-order chi connectivity index (χ0) is 13.2. The molecule has 0 fully saturated rings. The Hall–Kier alpha value is -2.05. The predicted octanol–water partition coefficient (Wildman–Crippen LogP) is 2.61. The highest BCUT2D eigenvalue weighted by molar-refractivity contribution is 5.34. The molecular formula is C15H18N2O. The molecule has 3 heteroatoms. The average Bonchev–Trinajstić information content (AvgIpc) is 2.40. The van der Waals surface area contributed by atoms with Crippen LogP contribution in [0.2, 0.25) is 0 Å². The monoisotopic (exact) mass is 242 g/mol. The SMILES string of the molecule is C=CCN(CC=C)CCOc1ccc(C#N)cc1. The smallest absolute Gasteiger partial charge is 0.119 e. The van der Waals surface area contributed by atoms with Crippen molar-refractivity contribution in [2.24, 2.45) is 0 Å². The fraction of sp³-hybridized carbons (Fsp3) is 0.267. The van der Waals surface area contributed by atoms with E-state index in [0.717, 1.165) is 25.4 Å². The molecule has 0 aliphatic rings. The molecule has 0 atom stereocenters. The molecule has 0 aromatic heterocycles. The first-order chi connectivity index (χ1) is 8.80. The lowest BCUT2D eigenvalue weighted by Crippen LogP contribution is -2.28. The number of nitriles is 1. The van der Waals surface area contributed by atoms with E-state index >= 15 is 0 Å². The predicted molar refractivity (Wildman–Crippen MR) is 73.5 cm³/mol. The lowest BCUT2D eigenvalue weighted by atomic mass is 10.2. The Morgan fingerprint density at radius 1 is 1.17 bits per heavy atom. The number of hydrogen-bond donors (Lipinski definition) is 0. The Morgan fingerprint density at radius 2 is 1.78 bits per heavy atom. The van der Waals surface area contributed by atoms with Crippen molar-refractivity contribution in [2.75, 3.05) is 26.2 Å². The van der Waals surface area contributed by atoms with Gasteiger partial charge in [-0.3, -0.25) is 4.90 Å². The van der Waals surface area contributed by atoms with Gasteiger partial charge in [-0.15, -0.1) is 13.2 Å². The summed E-state index contributed by atoms with van der Waals surface area (Å²) in [5, 5.41) is 8.68. The van der Waals surface area contributed by atoms with Crippen molar-refractivity contribution in [3.8, 4) is 11.8 Å². The van der Waals surface area contributed by atoms with Crippen molar-refractivity contribution < 1.29 is 4.74 Å². The summed E-state index contributed by atoms with van der Waals surface area (Å²) >= 11 is 0. The van der Waals surface area contributed by atoms with Gasteiger partial charge in [0.2, 0.25) is 0 Å². The molecular weight excluding hydrogens is 224 g/mol. The minimum Gasteiger partial charge on any atom is -0.492 e. The Labute approximate surface area is 109 Å². The van der Waals surface area contributed by atoms with E-state index in [2.05, 4.69) is 24.1 Å². The van der Waals surface area contributed by atoms with E-state index in [1.807, 2.05) is 24.3 Å². The van der Waals surface area contributed by atoms with Gasteiger partial charge in [-0.2, -0.15) is 5.26 Å². The topological polar surface area (TPSA) is 36.3 Å². The summed E-state index contributed by atoms with van der Waals surface area (Å²) in [6.45, 7) is 10.5. The second kappa shape index (κ2) is 8.10. The fourth-order valence-corrected chi connectivity index (χ4v) is 1.54. The summed E-state index contributed by atoms with van der Waals surface area (Å²) in [6.07, 6.45) is 3.73. The molecule has 0 saturated heterocycles. The first kappa shape index (κ1) is 14.0. The van der Waals surface area contributed by atoms with Crippen molar-refractivity contribution in [1.82, 2.24) is 4.90 Å². The number of ether oxygens (including phenoxy) is 1. The highest BCUT2D eigenvalue weighted by Gasteiger charge is 2.01. The van der Waals surface area contributed by atoms with Crippen molar-refractivity contribution in [3.05, 3.63) is 55.1 Å². The maximum atomic E-state index is 8.68. The van der Waals surface area contributed by atoms with Crippen LogP contribution in [0.5, 0.6) is 5.75 Å². The molecule has 0 bridgehead atoms. The van der Waals surface area contributed by atoms with Gasteiger partial charge in [0.05, 0.1) is 11.6 Å². The second-order valence-electron chi connectivity index (χ2n) is 3.82. The van der Waals surface area contributed by atoms with Gasteiger partial charge in [0.1, 0.15) is 12.4 Å². The molecule has 0 saturated carbocycles. The van der Waals surface area contributed by atoms with Gasteiger partial charge in [-0.25, -0.2) is 0 Å². The lowest BCUT2D eigenvalue weighted by molar-refractivity contribution is 0.236. The van der Waals surface area contributed by atoms with Gasteiger partial charge in [-0.1, -0.05) is 12.2 Å². The summed E-state index contributed by atoms with van der Waals surface area (Å²) in [6, 6.07) is 9.20. The van der Waals surface area contributed by atoms with Crippen LogP contribution in [-0.2, 0) is 0 Å². The molecule has 0 spiro atoms. The Morgan fingerprint density at radius 3 is 2.28 bits per heavy atom. The first-order valence-electron chi connectivity index (χ1n) is 5.87. The van der Waals surface area contributed by atoms with E-state index < -0.39 is 0 Å². The van der Waals surface area contributed by atoms with Crippen molar-refractivity contribution in [1.29, 1.82) is 5.26 Å². The average molecular weight is 242 g/mol. The van der Waals surface area contributed by atoms with Crippen LogP contribution < -0.4 is 4.74 Å². The van der Waals surface area contributed by atoms with Crippen LogP contribution in [0.3, 0.4) is 0 Å². The Bertz CT molecular complexity index is 407. The molecule has 0 heterocycles. The van der Waals surface area contributed by atoms with Crippen LogP contribution in [0.15, 0.2) is 49.6 Å². The van der Waals surface area contributed by atoms with E-state index in [4.69, 9.17) is 10.00 Å². The van der Waals surface area contributed by atoms with Crippen LogP contribution in [0.4, 0.5) is 0 Å². The van der Waals surface area contributed by atoms with Crippen LogP contribution in [0, 0.1) is 11.3 Å². The molecule has 94 valence electrons. The number of rotatable bonds is 8. The van der Waals surface area contributed by atoms with Crippen LogP contribution in [-0.4, -0.2) is 31.1 Å². The molecule has 0 aliphatic carbocycles. The highest BCUT2D eigenvalue weighted by atomic mass is 16.5. The molecule has 1 aromatic rings. The summed E-state index contributed by atoms with van der Waals surface area (Å²) in [5.74, 6) is 0.783. The van der Waals surface area contributed by atoms with Gasteiger partial charge in [0.15, 0.2) is 0 Å². The lowest BCUT2D eigenvalue weighted by Gasteiger charge is -2.18. The van der Waals surface area contributed by atoms with Crippen LogP contribution in [0.25, 0.3) is 0 Å². The third-order valence-electron chi connectivity index (χ3n) is 2.43. The standard InChI is InChI=1S/C15H18N2O/c1-3-9-17(10-4-2)11-12-18-15-7-5-14(13-16)6-8-15/h3-8H,1-2,9-12H2. The highest BCUT2D eigenvalue weighted by Crippen LogP contribution is 2.11. The Kier molecular flexibility index (Phi) is 6.31. The van der Waals surface area contributed by atoms with E-state index in [1.165, 1.54) is 0 Å². The van der Waals surface area contributed by atoms with Gasteiger partial charge >= 0.3 is 0 Å². The van der Waals surface area contributed by atoms with Crippen LogP contribution in [0.1, 0.15) is 5.56 Å². The fourth-order valence-electron chi connectivity index (χ4n) is 1.54. The van der Waals surface area contributed by atoms with Gasteiger partial charge < -0.3 is 4.74 Å². The van der Waals surface area contributed by atoms with E-state index in [-0.39, 0.29) is 0 Å². The number of nitrogens with zero attached hydrogens (tertiary/aromatic N) is 2. The molecule has 0 amide bonds. The second-order valence-corrected chi connectivity index (χ2v) is 3.82. The van der Waals surface area contributed by atoms with Crippen molar-refractivity contribution in [3.63, 3.8) is 0 Å². The van der Waals surface area contributed by atoms with Crippen LogP contribution >= 0.6 is 0 Å². The normalized spacial score (nSPS) is 9.78. The third kappa shape index (κ3) is 4.86. The maximum absolute atomic E-state index is 8.68. The molecule has 18 heavy (non-hydrogen) atoms. The van der Waals surface area contributed by atoms with Gasteiger partial charge in [0, 0.05) is 19.6 Å². The Balaban J connectivity index is 2.37. The van der Waals surface area contributed by atoms with E-state index in [1.54, 1.807) is 12.1 Å². The number of benzene rings is 1. The number of hydrogen-bond acceptors (Lipinski definition) is 3. The summed E-state index contributed by atoms with van der Waals surface area (Å²) in [5.41, 5.74) is 0.641.